The van der Waals surface area contributed by atoms with Crippen LogP contribution in [0.4, 0.5) is 5.95 Å². The van der Waals surface area contributed by atoms with Crippen molar-refractivity contribution in [2.24, 2.45) is 7.05 Å². The summed E-state index contributed by atoms with van der Waals surface area (Å²) in [6.07, 6.45) is 15.4. The Hall–Kier alpha value is -4.53. The van der Waals surface area contributed by atoms with Crippen LogP contribution in [0.5, 0.6) is 0 Å². The van der Waals surface area contributed by atoms with E-state index in [0.717, 1.165) is 97.7 Å². The summed E-state index contributed by atoms with van der Waals surface area (Å²) in [5, 5.41) is 16.6. The van der Waals surface area contributed by atoms with E-state index in [0.29, 0.717) is 29.7 Å². The summed E-state index contributed by atoms with van der Waals surface area (Å²) in [4.78, 5) is 31.5. The molecule has 0 spiro atoms. The Bertz CT molecular complexity index is 2130. The number of aliphatic hydroxyl groups is 1. The molecule has 1 unspecified atom stereocenters. The Morgan fingerprint density at radius 3 is 2.51 bits per heavy atom. The number of pyridine rings is 1. The molecule has 0 bridgehead atoms. The van der Waals surface area contributed by atoms with Gasteiger partial charge in [-0.05, 0) is 74.8 Å². The molecule has 3 fully saturated rings. The van der Waals surface area contributed by atoms with Crippen LogP contribution in [0.1, 0.15) is 56.7 Å². The van der Waals surface area contributed by atoms with Crippen LogP contribution >= 0.6 is 0 Å². The fourth-order valence-electron chi connectivity index (χ4n) is 8.13. The Labute approximate surface area is 298 Å². The maximum absolute atomic E-state index is 12.9. The molecule has 0 radical (unpaired) electrons. The van der Waals surface area contributed by atoms with Gasteiger partial charge in [0.1, 0.15) is 5.52 Å². The van der Waals surface area contributed by atoms with E-state index in [9.17, 15) is 9.90 Å². The minimum absolute atomic E-state index is 0.0426. The highest BCUT2D eigenvalue weighted by atomic mass is 16.5. The lowest BCUT2D eigenvalue weighted by Crippen LogP contribution is -2.55. The first-order valence-electron chi connectivity index (χ1n) is 18.3. The normalized spacial score (nSPS) is 19.7. The van der Waals surface area contributed by atoms with E-state index in [-0.39, 0.29) is 23.8 Å². The molecule has 10 nitrogen and oxygen atoms in total. The van der Waals surface area contributed by atoms with Crippen molar-refractivity contribution in [2.75, 3.05) is 44.2 Å². The van der Waals surface area contributed by atoms with Crippen LogP contribution in [-0.4, -0.2) is 86.5 Å². The molecule has 5 heterocycles. The fourth-order valence-corrected chi connectivity index (χ4v) is 8.13. The minimum atomic E-state index is -1.18. The summed E-state index contributed by atoms with van der Waals surface area (Å²) < 4.78 is 8.48. The predicted molar refractivity (Wildman–Crippen MR) is 202 cm³/mol. The first-order chi connectivity index (χ1) is 24.8. The topological polar surface area (TPSA) is 112 Å². The number of terminal acetylenes is 1. The number of benzene rings is 2. The van der Waals surface area contributed by atoms with Crippen LogP contribution < -0.4 is 15.8 Å². The number of aromatic nitrogens is 4. The molecule has 3 aliphatic rings. The average molecular weight is 686 g/mol. The maximum atomic E-state index is 12.9. The van der Waals surface area contributed by atoms with Crippen LogP contribution in [-0.2, 0) is 17.4 Å². The van der Waals surface area contributed by atoms with Gasteiger partial charge in [0.05, 0.1) is 30.5 Å². The average Bonchev–Trinajstić information content (AvgIpc) is 3.85. The van der Waals surface area contributed by atoms with Crippen molar-refractivity contribution in [2.45, 2.75) is 68.7 Å². The molecule has 2 aromatic carbocycles. The van der Waals surface area contributed by atoms with Crippen molar-refractivity contribution < 1.29 is 9.84 Å². The number of rotatable bonds is 10. The number of aromatic amines is 1. The van der Waals surface area contributed by atoms with Crippen LogP contribution in [0.15, 0.2) is 71.8 Å². The summed E-state index contributed by atoms with van der Waals surface area (Å²) in [6.45, 7) is 6.47. The maximum Gasteiger partial charge on any atom is 0.274 e. The number of hydrogen-bond donors (Lipinski definition) is 3. The van der Waals surface area contributed by atoms with Crippen LogP contribution in [0.25, 0.3) is 32.9 Å². The molecule has 51 heavy (non-hydrogen) atoms. The number of ether oxygens (including phenoxy) is 1. The third-order valence-corrected chi connectivity index (χ3v) is 11.4. The summed E-state index contributed by atoms with van der Waals surface area (Å²) >= 11 is 0. The van der Waals surface area contributed by atoms with Gasteiger partial charge in [0, 0.05) is 73.5 Å². The highest BCUT2D eigenvalue weighted by molar-refractivity contribution is 5.97. The summed E-state index contributed by atoms with van der Waals surface area (Å²) in [5.41, 5.74) is 3.58. The third-order valence-electron chi connectivity index (χ3n) is 11.4. The highest BCUT2D eigenvalue weighted by Crippen LogP contribution is 2.43. The molecular weight excluding hydrogens is 638 g/mol. The van der Waals surface area contributed by atoms with Crippen molar-refractivity contribution in [3.63, 3.8) is 0 Å². The predicted octanol–water partition coefficient (Wildman–Crippen LogP) is 4.94. The van der Waals surface area contributed by atoms with E-state index in [2.05, 4.69) is 45.1 Å². The van der Waals surface area contributed by atoms with Gasteiger partial charge in [-0.3, -0.25) is 4.79 Å². The molecule has 10 heteroatoms. The first-order valence-corrected chi connectivity index (χ1v) is 18.3. The van der Waals surface area contributed by atoms with E-state index in [1.807, 2.05) is 48.7 Å². The number of H-pyrrole nitrogens is 1. The molecule has 1 aliphatic carbocycles. The molecule has 2 aliphatic heterocycles. The number of aryl methyl sites for hydroxylation is 1. The van der Waals surface area contributed by atoms with Gasteiger partial charge < -0.3 is 34.5 Å². The van der Waals surface area contributed by atoms with Gasteiger partial charge in [0.25, 0.3) is 5.56 Å². The Morgan fingerprint density at radius 1 is 1.04 bits per heavy atom. The van der Waals surface area contributed by atoms with Crippen LogP contribution in [0.2, 0.25) is 0 Å². The summed E-state index contributed by atoms with van der Waals surface area (Å²) in [5.74, 6) is 3.39. The second-order valence-corrected chi connectivity index (χ2v) is 14.9. The summed E-state index contributed by atoms with van der Waals surface area (Å²) in [6, 6.07) is 18.6. The zero-order valence-corrected chi connectivity index (χ0v) is 29.6. The second-order valence-electron chi connectivity index (χ2n) is 14.9. The van der Waals surface area contributed by atoms with E-state index in [4.69, 9.17) is 21.1 Å². The number of piperidine rings is 2. The molecule has 1 atom stereocenters. The number of hydrogen-bond acceptors (Lipinski definition) is 8. The standard InChI is InChI=1S/C41H47N7O3/c1-4-19-43-40(2)17-23-47(24-18-40)30-15-21-48(22-16-30)39-44-35-13-10-28(34-26-46(3)38(50)36-32(34)14-20-42-36)25-33(35)37(45-39)41(27-49,51-31-11-12-31)29-8-6-5-7-9-29/h1,5-10,13-14,20,25-26,30-31,42-43,49H,11-12,15-19,21-24,27H2,2-3H3. The van der Waals surface area contributed by atoms with Crippen molar-refractivity contribution in [3.8, 4) is 23.5 Å². The zero-order chi connectivity index (χ0) is 35.2. The molecule has 3 aromatic heterocycles. The number of likely N-dealkylation sites (tertiary alicyclic amines) is 1. The molecule has 5 aromatic rings. The van der Waals surface area contributed by atoms with E-state index < -0.39 is 5.60 Å². The molecule has 3 N–H and O–H groups in total. The first kappa shape index (κ1) is 33.6. The second kappa shape index (κ2) is 13.5. The van der Waals surface area contributed by atoms with Crippen molar-refractivity contribution in [3.05, 3.63) is 88.6 Å². The number of aliphatic hydroxyl groups excluding tert-OH is 1. The van der Waals surface area contributed by atoms with E-state index >= 15 is 0 Å². The molecule has 8 rings (SSSR count). The molecule has 1 saturated carbocycles. The smallest absolute Gasteiger partial charge is 0.274 e. The Morgan fingerprint density at radius 2 is 1.80 bits per heavy atom. The lowest BCUT2D eigenvalue weighted by molar-refractivity contribution is -0.0672. The zero-order valence-electron chi connectivity index (χ0n) is 29.6. The summed E-state index contributed by atoms with van der Waals surface area (Å²) in [7, 11) is 1.77. The van der Waals surface area contributed by atoms with Gasteiger partial charge >= 0.3 is 0 Å². The van der Waals surface area contributed by atoms with Gasteiger partial charge in [0.15, 0.2) is 5.60 Å². The lowest BCUT2D eigenvalue weighted by atomic mass is 9.87. The third kappa shape index (κ3) is 6.33. The number of fused-ring (bicyclic) bond motifs is 2. The molecule has 2 saturated heterocycles. The van der Waals surface area contributed by atoms with E-state index in [1.54, 1.807) is 17.8 Å². The molecule has 0 amide bonds. The largest absolute Gasteiger partial charge is 0.393 e. The quantitative estimate of drug-likeness (QED) is 0.178. The SMILES string of the molecule is C#CCNC1(C)CCN(C2CCN(c3nc(C(CO)(OC4CC4)c4ccccc4)c4cc(-c5cn(C)c(=O)c6[nH]ccc56)ccc4n3)CC2)CC1. The van der Waals surface area contributed by atoms with E-state index in [1.165, 1.54) is 0 Å². The number of nitrogens with one attached hydrogen (secondary N) is 2. The lowest BCUT2D eigenvalue weighted by Gasteiger charge is -2.45. The Balaban J connectivity index is 1.17. The monoisotopic (exact) mass is 685 g/mol. The van der Waals surface area contributed by atoms with Gasteiger partial charge in [-0.25, -0.2) is 9.97 Å². The van der Waals surface area contributed by atoms with Crippen molar-refractivity contribution in [1.29, 1.82) is 0 Å². The van der Waals surface area contributed by atoms with Gasteiger partial charge in [-0.1, -0.05) is 42.3 Å². The highest BCUT2D eigenvalue weighted by Gasteiger charge is 2.44. The van der Waals surface area contributed by atoms with Crippen molar-refractivity contribution >= 4 is 27.8 Å². The van der Waals surface area contributed by atoms with Gasteiger partial charge in [-0.15, -0.1) is 6.42 Å². The number of anilines is 1. The van der Waals surface area contributed by atoms with Crippen LogP contribution in [0.3, 0.4) is 0 Å². The fraction of sp³-hybridized carbons (Fsp3) is 0.439. The number of nitrogens with zero attached hydrogens (tertiary/aromatic N) is 5. The molecular formula is C41H47N7O3. The molecule has 264 valence electrons. The van der Waals surface area contributed by atoms with Gasteiger partial charge in [-0.2, -0.15) is 0 Å². The van der Waals surface area contributed by atoms with Gasteiger partial charge in [0.2, 0.25) is 5.95 Å². The van der Waals surface area contributed by atoms with Crippen molar-refractivity contribution in [1.82, 2.24) is 29.7 Å². The van der Waals surface area contributed by atoms with Crippen LogP contribution in [0, 0.1) is 12.3 Å². The Kier molecular flexibility index (Phi) is 8.93. The minimum Gasteiger partial charge on any atom is -0.393 e.